The van der Waals surface area contributed by atoms with Gasteiger partial charge in [0.1, 0.15) is 5.76 Å². The van der Waals surface area contributed by atoms with Gasteiger partial charge in [-0.2, -0.15) is 0 Å². The molecule has 3 fully saturated rings. The van der Waals surface area contributed by atoms with Gasteiger partial charge in [-0.05, 0) is 50.3 Å². The minimum Gasteiger partial charge on any atom is -0.444 e. The molecule has 2 saturated heterocycles. The van der Waals surface area contributed by atoms with E-state index in [1.165, 1.54) is 16.5 Å². The number of nitrogens with zero attached hydrogens (tertiary/aromatic N) is 3. The molecule has 8 heteroatoms. The lowest BCUT2D eigenvalue weighted by Gasteiger charge is -2.37. The summed E-state index contributed by atoms with van der Waals surface area (Å²) in [6.45, 7) is 10.9. The highest BCUT2D eigenvalue weighted by Crippen LogP contribution is 2.46. The molecular weight excluding hydrogens is 448 g/mol. The second-order valence-electron chi connectivity index (χ2n) is 10.4. The lowest BCUT2D eigenvalue weighted by Crippen LogP contribution is -2.48. The van der Waals surface area contributed by atoms with Crippen molar-refractivity contribution in [1.82, 2.24) is 30.6 Å². The zero-order valence-electron chi connectivity index (χ0n) is 20.2. The third-order valence-corrected chi connectivity index (χ3v) is 8.21. The molecule has 3 aromatic rings. The maximum atomic E-state index is 6.44. The summed E-state index contributed by atoms with van der Waals surface area (Å²) in [7, 11) is 0. The van der Waals surface area contributed by atoms with Crippen LogP contribution in [0.5, 0.6) is 0 Å². The molecule has 0 amide bonds. The first-order valence-corrected chi connectivity index (χ1v) is 12.6. The van der Waals surface area contributed by atoms with Gasteiger partial charge in [-0.25, -0.2) is 4.98 Å². The molecule has 1 saturated carbocycles. The number of hydrogen-bond acceptors (Lipinski definition) is 6. The Kier molecular flexibility index (Phi) is 7.00. The monoisotopic (exact) mass is 484 g/mol. The number of halogens is 1. The van der Waals surface area contributed by atoms with Gasteiger partial charge in [0.2, 0.25) is 0 Å². The highest BCUT2D eigenvalue weighted by Gasteiger charge is 2.44. The molecular formula is C26H37ClN6O. The van der Waals surface area contributed by atoms with E-state index in [9.17, 15) is 0 Å². The van der Waals surface area contributed by atoms with Gasteiger partial charge >= 0.3 is 0 Å². The molecule has 184 valence electrons. The molecule has 4 heterocycles. The Morgan fingerprint density at radius 3 is 2.79 bits per heavy atom. The van der Waals surface area contributed by atoms with Crippen molar-refractivity contribution in [1.29, 1.82) is 0 Å². The van der Waals surface area contributed by atoms with Gasteiger partial charge in [0, 0.05) is 73.7 Å². The van der Waals surface area contributed by atoms with E-state index in [0.717, 1.165) is 63.8 Å². The Morgan fingerprint density at radius 1 is 1.12 bits per heavy atom. The molecule has 1 aromatic carbocycles. The highest BCUT2D eigenvalue weighted by molar-refractivity contribution is 5.85. The van der Waals surface area contributed by atoms with Crippen molar-refractivity contribution < 1.29 is 4.42 Å². The fraction of sp³-hybridized carbons (Fsp3) is 0.577. The fourth-order valence-electron chi connectivity index (χ4n) is 6.33. The SMILES string of the molecule is CC(C)N1CCN(Cc2cnc(C3CC(c4cccc5[nH]ccc45)CC4NNCC43)o2)CC1.Cl. The van der Waals surface area contributed by atoms with E-state index >= 15 is 0 Å². The van der Waals surface area contributed by atoms with Crippen LogP contribution in [-0.4, -0.2) is 64.6 Å². The van der Waals surface area contributed by atoms with Crippen molar-refractivity contribution >= 4 is 23.3 Å². The summed E-state index contributed by atoms with van der Waals surface area (Å²) >= 11 is 0. The lowest BCUT2D eigenvalue weighted by atomic mass is 9.69. The second-order valence-corrected chi connectivity index (χ2v) is 10.4. The summed E-state index contributed by atoms with van der Waals surface area (Å²) in [4.78, 5) is 13.2. The zero-order valence-corrected chi connectivity index (χ0v) is 21.0. The summed E-state index contributed by atoms with van der Waals surface area (Å²) in [5.74, 6) is 3.28. The van der Waals surface area contributed by atoms with Crippen LogP contribution in [0.15, 0.2) is 41.1 Å². The van der Waals surface area contributed by atoms with E-state index in [4.69, 9.17) is 9.40 Å². The summed E-state index contributed by atoms with van der Waals surface area (Å²) in [6.07, 6.45) is 6.26. The van der Waals surface area contributed by atoms with Crippen molar-refractivity contribution in [2.45, 2.75) is 57.2 Å². The molecule has 4 atom stereocenters. The van der Waals surface area contributed by atoms with Crippen LogP contribution in [0, 0.1) is 5.92 Å². The van der Waals surface area contributed by atoms with Gasteiger partial charge in [0.15, 0.2) is 5.89 Å². The predicted molar refractivity (Wildman–Crippen MR) is 137 cm³/mol. The Balaban J connectivity index is 0.00000241. The highest BCUT2D eigenvalue weighted by atomic mass is 35.5. The van der Waals surface area contributed by atoms with Crippen molar-refractivity contribution in [3.63, 3.8) is 0 Å². The molecule has 4 unspecified atom stereocenters. The van der Waals surface area contributed by atoms with Gasteiger partial charge < -0.3 is 9.40 Å². The minimum atomic E-state index is 0. The first kappa shape index (κ1) is 23.8. The number of aromatic amines is 1. The summed E-state index contributed by atoms with van der Waals surface area (Å²) in [5.41, 5.74) is 9.63. The number of hydrazine groups is 1. The van der Waals surface area contributed by atoms with Crippen LogP contribution in [-0.2, 0) is 6.54 Å². The molecule has 34 heavy (non-hydrogen) atoms. The van der Waals surface area contributed by atoms with Gasteiger partial charge in [0.05, 0.1) is 12.7 Å². The molecule has 1 aliphatic carbocycles. The number of H-pyrrole nitrogens is 1. The van der Waals surface area contributed by atoms with Crippen LogP contribution in [0.4, 0.5) is 0 Å². The molecule has 2 aliphatic heterocycles. The number of nitrogens with one attached hydrogen (secondary N) is 3. The van der Waals surface area contributed by atoms with Crippen LogP contribution in [0.1, 0.15) is 55.7 Å². The van der Waals surface area contributed by atoms with E-state index in [-0.39, 0.29) is 12.4 Å². The van der Waals surface area contributed by atoms with Gasteiger partial charge in [0.25, 0.3) is 0 Å². The summed E-state index contributed by atoms with van der Waals surface area (Å²) in [5, 5.41) is 1.35. The number of rotatable bonds is 5. The number of piperazine rings is 1. The predicted octanol–water partition coefficient (Wildman–Crippen LogP) is 3.86. The quantitative estimate of drug-likeness (QED) is 0.511. The third kappa shape index (κ3) is 4.52. The van der Waals surface area contributed by atoms with E-state index in [0.29, 0.717) is 29.8 Å². The Labute approximate surface area is 208 Å². The molecule has 0 radical (unpaired) electrons. The molecule has 2 aromatic heterocycles. The maximum Gasteiger partial charge on any atom is 0.197 e. The van der Waals surface area contributed by atoms with Gasteiger partial charge in [-0.15, -0.1) is 12.4 Å². The lowest BCUT2D eigenvalue weighted by molar-refractivity contribution is 0.0981. The second kappa shape index (κ2) is 9.99. The average molecular weight is 485 g/mol. The average Bonchev–Trinajstić information content (AvgIpc) is 3.59. The molecule has 0 bridgehead atoms. The van der Waals surface area contributed by atoms with Crippen LogP contribution in [0.2, 0.25) is 0 Å². The Bertz CT molecular complexity index is 1090. The van der Waals surface area contributed by atoms with Gasteiger partial charge in [-0.3, -0.25) is 20.7 Å². The van der Waals surface area contributed by atoms with Crippen molar-refractivity contribution in [3.8, 4) is 0 Å². The molecule has 0 spiro atoms. The molecule has 3 N–H and O–H groups in total. The van der Waals surface area contributed by atoms with Crippen LogP contribution < -0.4 is 10.9 Å². The number of hydrogen-bond donors (Lipinski definition) is 3. The fourth-order valence-corrected chi connectivity index (χ4v) is 6.33. The summed E-state index contributed by atoms with van der Waals surface area (Å²) in [6, 6.07) is 9.94. The minimum absolute atomic E-state index is 0. The van der Waals surface area contributed by atoms with Crippen molar-refractivity contribution in [2.24, 2.45) is 5.92 Å². The first-order valence-electron chi connectivity index (χ1n) is 12.6. The number of aromatic nitrogens is 2. The summed E-state index contributed by atoms with van der Waals surface area (Å²) < 4.78 is 6.44. The third-order valence-electron chi connectivity index (χ3n) is 8.21. The van der Waals surface area contributed by atoms with Crippen LogP contribution in [0.25, 0.3) is 10.9 Å². The topological polar surface area (TPSA) is 72.4 Å². The van der Waals surface area contributed by atoms with E-state index in [1.807, 2.05) is 12.4 Å². The first-order chi connectivity index (χ1) is 16.2. The number of oxazole rings is 1. The van der Waals surface area contributed by atoms with E-state index in [1.54, 1.807) is 0 Å². The normalized spacial score (nSPS) is 28.3. The van der Waals surface area contributed by atoms with Crippen LogP contribution >= 0.6 is 12.4 Å². The largest absolute Gasteiger partial charge is 0.444 e. The van der Waals surface area contributed by atoms with Crippen LogP contribution in [0.3, 0.4) is 0 Å². The van der Waals surface area contributed by atoms with Gasteiger partial charge in [-0.1, -0.05) is 12.1 Å². The standard InChI is InChI=1S/C26H36N6O.ClH/c1-17(2)32-10-8-31(9-11-32)16-19-14-28-26(33-19)22-12-18(13-25-23(22)15-29-30-25)20-4-3-5-24-21(20)6-7-27-24;/h3-7,14,17-18,22-23,25,27,29-30H,8-13,15-16H2,1-2H3;1H. The zero-order chi connectivity index (χ0) is 22.4. The Morgan fingerprint density at radius 2 is 1.97 bits per heavy atom. The molecule has 3 aliphatic rings. The van der Waals surface area contributed by atoms with Crippen molar-refractivity contribution in [3.05, 3.63) is 53.9 Å². The smallest absolute Gasteiger partial charge is 0.197 e. The van der Waals surface area contributed by atoms with Crippen molar-refractivity contribution in [2.75, 3.05) is 32.7 Å². The number of fused-ring (bicyclic) bond motifs is 2. The number of benzene rings is 1. The molecule has 6 rings (SSSR count). The maximum absolute atomic E-state index is 6.44. The Hall–Kier alpha value is -1.90. The van der Waals surface area contributed by atoms with E-state index in [2.05, 4.69) is 63.7 Å². The molecule has 7 nitrogen and oxygen atoms in total. The van der Waals surface area contributed by atoms with E-state index < -0.39 is 0 Å².